The fourth-order valence-electron chi connectivity index (χ4n) is 1.96. The molecule has 0 aromatic carbocycles. The van der Waals surface area contributed by atoms with Crippen LogP contribution < -0.4 is 5.32 Å². The molecule has 0 aliphatic carbocycles. The van der Waals surface area contributed by atoms with E-state index in [-0.39, 0.29) is 16.6 Å². The van der Waals surface area contributed by atoms with Gasteiger partial charge in [0.05, 0.1) is 10.6 Å². The molecule has 2 heterocycles. The second-order valence-electron chi connectivity index (χ2n) is 4.22. The normalized spacial score (nSPS) is 20.5. The van der Waals surface area contributed by atoms with Crippen molar-refractivity contribution in [2.45, 2.75) is 12.5 Å². The Morgan fingerprint density at radius 1 is 1.71 bits per heavy atom. The molecule has 17 heavy (non-hydrogen) atoms. The molecule has 1 aliphatic rings. The van der Waals surface area contributed by atoms with E-state index in [0.717, 1.165) is 19.5 Å². The lowest BCUT2D eigenvalue weighted by molar-refractivity contribution is 0.0697. The van der Waals surface area contributed by atoms with Gasteiger partial charge in [-0.3, -0.25) is 0 Å². The van der Waals surface area contributed by atoms with E-state index >= 15 is 0 Å². The summed E-state index contributed by atoms with van der Waals surface area (Å²) < 4.78 is 0. The molecule has 0 amide bonds. The summed E-state index contributed by atoms with van der Waals surface area (Å²) in [6, 6.07) is 1.67. The van der Waals surface area contributed by atoms with E-state index in [1.54, 1.807) is 0 Å². The van der Waals surface area contributed by atoms with Crippen molar-refractivity contribution >= 4 is 23.4 Å². The Labute approximate surface area is 104 Å². The Balaban J connectivity index is 2.16. The van der Waals surface area contributed by atoms with Crippen molar-refractivity contribution in [3.8, 4) is 0 Å². The van der Waals surface area contributed by atoms with Crippen molar-refractivity contribution in [2.75, 3.05) is 25.5 Å². The van der Waals surface area contributed by atoms with Gasteiger partial charge < -0.3 is 15.3 Å². The fraction of sp³-hybridized carbons (Fsp3) is 0.455. The number of halogens is 1. The number of rotatable bonds is 3. The summed E-state index contributed by atoms with van der Waals surface area (Å²) >= 11 is 6.00. The van der Waals surface area contributed by atoms with Crippen LogP contribution in [0.5, 0.6) is 0 Å². The molecule has 1 aliphatic heterocycles. The molecule has 0 bridgehead atoms. The maximum absolute atomic E-state index is 10.9. The number of aromatic carboxylic acids is 1. The number of carbonyl (C=O) groups is 1. The van der Waals surface area contributed by atoms with Crippen molar-refractivity contribution < 1.29 is 9.90 Å². The van der Waals surface area contributed by atoms with Crippen LogP contribution in [0.25, 0.3) is 0 Å². The van der Waals surface area contributed by atoms with Crippen LogP contribution in [0.2, 0.25) is 5.02 Å². The number of likely N-dealkylation sites (N-methyl/N-ethyl adjacent to an activating group) is 1. The van der Waals surface area contributed by atoms with Crippen molar-refractivity contribution in [2.24, 2.45) is 0 Å². The average Bonchev–Trinajstić information content (AvgIpc) is 2.67. The maximum atomic E-state index is 10.9. The van der Waals surface area contributed by atoms with Crippen LogP contribution in [0.15, 0.2) is 12.3 Å². The van der Waals surface area contributed by atoms with E-state index in [0.29, 0.717) is 5.82 Å². The Morgan fingerprint density at radius 3 is 3.06 bits per heavy atom. The molecule has 2 rings (SSSR count). The highest BCUT2D eigenvalue weighted by Crippen LogP contribution is 2.25. The molecule has 1 aromatic heterocycles. The summed E-state index contributed by atoms with van der Waals surface area (Å²) in [5.41, 5.74) is 0.0792. The van der Waals surface area contributed by atoms with Crippen LogP contribution in [0.4, 0.5) is 5.82 Å². The van der Waals surface area contributed by atoms with Crippen LogP contribution >= 0.6 is 11.6 Å². The Kier molecular flexibility index (Phi) is 3.49. The molecule has 6 heteroatoms. The Bertz CT molecular complexity index is 439. The number of nitrogens with zero attached hydrogens (tertiary/aromatic N) is 2. The average molecular weight is 256 g/mol. The monoisotopic (exact) mass is 255 g/mol. The SMILES string of the molecule is CN1CCC(Nc2nccc(C(=O)O)c2Cl)C1. The van der Waals surface area contributed by atoms with E-state index < -0.39 is 5.97 Å². The highest BCUT2D eigenvalue weighted by atomic mass is 35.5. The molecular formula is C11H14ClN3O2. The number of likely N-dealkylation sites (tertiary alicyclic amines) is 1. The van der Waals surface area contributed by atoms with E-state index in [2.05, 4.69) is 15.2 Å². The van der Waals surface area contributed by atoms with Gasteiger partial charge in [0.15, 0.2) is 0 Å². The number of aromatic nitrogens is 1. The minimum Gasteiger partial charge on any atom is -0.478 e. The van der Waals surface area contributed by atoms with Crippen molar-refractivity contribution in [3.05, 3.63) is 22.8 Å². The zero-order valence-corrected chi connectivity index (χ0v) is 10.2. The summed E-state index contributed by atoms with van der Waals surface area (Å²) in [6.07, 6.45) is 2.46. The predicted octanol–water partition coefficient (Wildman–Crippen LogP) is 1.55. The molecule has 2 N–H and O–H groups in total. The van der Waals surface area contributed by atoms with Crippen LogP contribution in [0, 0.1) is 0 Å². The van der Waals surface area contributed by atoms with Gasteiger partial charge in [-0.25, -0.2) is 9.78 Å². The van der Waals surface area contributed by atoms with E-state index in [4.69, 9.17) is 16.7 Å². The summed E-state index contributed by atoms with van der Waals surface area (Å²) in [4.78, 5) is 17.2. The Hall–Kier alpha value is -1.33. The van der Waals surface area contributed by atoms with Gasteiger partial charge in [0.1, 0.15) is 5.82 Å². The highest BCUT2D eigenvalue weighted by Gasteiger charge is 2.21. The van der Waals surface area contributed by atoms with Gasteiger partial charge in [0, 0.05) is 18.8 Å². The minimum atomic E-state index is -1.04. The number of anilines is 1. The van der Waals surface area contributed by atoms with Crippen LogP contribution in [0.3, 0.4) is 0 Å². The largest absolute Gasteiger partial charge is 0.478 e. The second-order valence-corrected chi connectivity index (χ2v) is 4.60. The molecule has 1 aromatic rings. The molecule has 0 saturated carbocycles. The lowest BCUT2D eigenvalue weighted by atomic mass is 10.2. The third-order valence-electron chi connectivity index (χ3n) is 2.85. The smallest absolute Gasteiger partial charge is 0.337 e. The number of carboxylic acid groups (broad SMARTS) is 1. The van der Waals surface area contributed by atoms with Gasteiger partial charge in [0.25, 0.3) is 0 Å². The standard InChI is InChI=1S/C11H14ClN3O2/c1-15-5-3-7(6-15)14-10-9(12)8(11(16)17)2-4-13-10/h2,4,7H,3,5-6H2,1H3,(H,13,14)(H,16,17). The third-order valence-corrected chi connectivity index (χ3v) is 3.23. The zero-order valence-electron chi connectivity index (χ0n) is 9.48. The first-order valence-electron chi connectivity index (χ1n) is 5.41. The summed E-state index contributed by atoms with van der Waals surface area (Å²) in [5, 5.41) is 12.3. The quantitative estimate of drug-likeness (QED) is 0.858. The van der Waals surface area contributed by atoms with E-state index in [1.165, 1.54) is 12.3 Å². The second kappa shape index (κ2) is 4.89. The van der Waals surface area contributed by atoms with Gasteiger partial charge in [-0.05, 0) is 26.1 Å². The summed E-state index contributed by atoms with van der Waals surface area (Å²) in [6.45, 7) is 1.93. The molecule has 5 nitrogen and oxygen atoms in total. The van der Waals surface area contributed by atoms with E-state index in [9.17, 15) is 4.79 Å². The first-order chi connectivity index (χ1) is 8.08. The number of nitrogens with one attached hydrogen (secondary N) is 1. The maximum Gasteiger partial charge on any atom is 0.337 e. The molecular weight excluding hydrogens is 242 g/mol. The summed E-state index contributed by atoms with van der Waals surface area (Å²) in [7, 11) is 2.05. The van der Waals surface area contributed by atoms with Crippen molar-refractivity contribution in [3.63, 3.8) is 0 Å². The minimum absolute atomic E-state index is 0.0792. The molecule has 1 fully saturated rings. The number of hydrogen-bond donors (Lipinski definition) is 2. The number of hydrogen-bond acceptors (Lipinski definition) is 4. The van der Waals surface area contributed by atoms with Crippen LogP contribution in [-0.2, 0) is 0 Å². The topological polar surface area (TPSA) is 65.5 Å². The third kappa shape index (κ3) is 2.68. The predicted molar refractivity (Wildman–Crippen MR) is 65.7 cm³/mol. The first-order valence-corrected chi connectivity index (χ1v) is 5.78. The molecule has 1 saturated heterocycles. The highest BCUT2D eigenvalue weighted by molar-refractivity contribution is 6.35. The molecule has 0 radical (unpaired) electrons. The van der Waals surface area contributed by atoms with E-state index in [1.807, 2.05) is 7.05 Å². The lowest BCUT2D eigenvalue weighted by Crippen LogP contribution is -2.24. The van der Waals surface area contributed by atoms with Gasteiger partial charge in [-0.1, -0.05) is 11.6 Å². The Morgan fingerprint density at radius 2 is 2.47 bits per heavy atom. The van der Waals surface area contributed by atoms with Crippen LogP contribution in [-0.4, -0.2) is 47.1 Å². The zero-order chi connectivity index (χ0) is 12.4. The van der Waals surface area contributed by atoms with Crippen molar-refractivity contribution in [1.29, 1.82) is 0 Å². The molecule has 1 atom stereocenters. The number of pyridine rings is 1. The molecule has 92 valence electrons. The number of carboxylic acids is 1. The fourth-order valence-corrected chi connectivity index (χ4v) is 2.20. The van der Waals surface area contributed by atoms with Gasteiger partial charge >= 0.3 is 5.97 Å². The van der Waals surface area contributed by atoms with Gasteiger partial charge in [0.2, 0.25) is 0 Å². The first kappa shape index (κ1) is 12.1. The van der Waals surface area contributed by atoms with Gasteiger partial charge in [-0.2, -0.15) is 0 Å². The van der Waals surface area contributed by atoms with Crippen LogP contribution in [0.1, 0.15) is 16.8 Å². The summed E-state index contributed by atoms with van der Waals surface area (Å²) in [5.74, 6) is -0.587. The lowest BCUT2D eigenvalue weighted by Gasteiger charge is -2.15. The van der Waals surface area contributed by atoms with Gasteiger partial charge in [-0.15, -0.1) is 0 Å². The molecule has 0 spiro atoms. The molecule has 1 unspecified atom stereocenters. The van der Waals surface area contributed by atoms with Crippen molar-refractivity contribution in [1.82, 2.24) is 9.88 Å².